The van der Waals surface area contributed by atoms with Crippen molar-refractivity contribution in [3.63, 3.8) is 0 Å². The van der Waals surface area contributed by atoms with Gasteiger partial charge in [0.1, 0.15) is 0 Å². The Balaban J connectivity index is 3.16. The Hall–Kier alpha value is -0.0800. The summed E-state index contributed by atoms with van der Waals surface area (Å²) in [5, 5.41) is 3.36. The molecule has 0 aromatic rings. The first kappa shape index (κ1) is 12.9. The van der Waals surface area contributed by atoms with E-state index >= 15 is 0 Å². The molecule has 0 atom stereocenters. The third-order valence-corrected chi connectivity index (χ3v) is 2.33. The predicted octanol–water partition coefficient (Wildman–Crippen LogP) is 2.58. The summed E-state index contributed by atoms with van der Waals surface area (Å²) in [6.45, 7) is 11.6. The molecule has 0 saturated heterocycles. The molecule has 0 heterocycles. The summed E-state index contributed by atoms with van der Waals surface area (Å²) >= 11 is 0. The van der Waals surface area contributed by atoms with Crippen LogP contribution >= 0.6 is 0 Å². The maximum absolute atomic E-state index is 5.70. The molecule has 0 unspecified atom stereocenters. The van der Waals surface area contributed by atoms with E-state index in [-0.39, 0.29) is 5.60 Å². The van der Waals surface area contributed by atoms with Crippen LogP contribution in [0.1, 0.15) is 47.0 Å². The van der Waals surface area contributed by atoms with Crippen molar-refractivity contribution in [2.75, 3.05) is 19.7 Å². The largest absolute Gasteiger partial charge is 0.374 e. The van der Waals surface area contributed by atoms with Gasteiger partial charge in [0.2, 0.25) is 0 Å². The van der Waals surface area contributed by atoms with E-state index < -0.39 is 0 Å². The molecule has 80 valence electrons. The van der Waals surface area contributed by atoms with Gasteiger partial charge in [-0.2, -0.15) is 0 Å². The third-order valence-electron chi connectivity index (χ3n) is 2.33. The Morgan fingerprint density at radius 3 is 2.38 bits per heavy atom. The highest BCUT2D eigenvalue weighted by molar-refractivity contribution is 4.65. The first-order valence-electron chi connectivity index (χ1n) is 5.47. The smallest absolute Gasteiger partial charge is 0.0624 e. The number of nitrogens with one attached hydrogen (secondary N) is 1. The van der Waals surface area contributed by atoms with Crippen LogP contribution in [-0.4, -0.2) is 25.3 Å². The van der Waals surface area contributed by atoms with Crippen LogP contribution in [0.3, 0.4) is 0 Å². The second kappa shape index (κ2) is 7.34. The summed E-state index contributed by atoms with van der Waals surface area (Å²) < 4.78 is 5.70. The molecule has 13 heavy (non-hydrogen) atoms. The highest BCUT2D eigenvalue weighted by Gasteiger charge is 2.13. The van der Waals surface area contributed by atoms with Gasteiger partial charge in [0.05, 0.1) is 12.2 Å². The van der Waals surface area contributed by atoms with E-state index in [0.717, 1.165) is 26.1 Å². The van der Waals surface area contributed by atoms with Gasteiger partial charge in [-0.3, -0.25) is 0 Å². The van der Waals surface area contributed by atoms with E-state index in [9.17, 15) is 0 Å². The average Bonchev–Trinajstić information content (AvgIpc) is 2.11. The Kier molecular flexibility index (Phi) is 7.29. The van der Waals surface area contributed by atoms with Crippen molar-refractivity contribution in [2.24, 2.45) is 0 Å². The molecule has 0 aliphatic rings. The maximum Gasteiger partial charge on any atom is 0.0624 e. The number of hydrogen-bond donors (Lipinski definition) is 1. The molecule has 0 bridgehead atoms. The zero-order chi connectivity index (χ0) is 10.2. The van der Waals surface area contributed by atoms with E-state index in [1.54, 1.807) is 0 Å². The van der Waals surface area contributed by atoms with Gasteiger partial charge >= 0.3 is 0 Å². The van der Waals surface area contributed by atoms with E-state index in [1.165, 1.54) is 12.8 Å². The fourth-order valence-corrected chi connectivity index (χ4v) is 0.928. The molecular formula is C11H25NO. The predicted molar refractivity (Wildman–Crippen MR) is 58.1 cm³/mol. The average molecular weight is 187 g/mol. The van der Waals surface area contributed by atoms with Crippen LogP contribution in [0.5, 0.6) is 0 Å². The molecule has 0 aliphatic heterocycles. The highest BCUT2D eigenvalue weighted by atomic mass is 16.5. The number of ether oxygens (including phenoxy) is 1. The zero-order valence-corrected chi connectivity index (χ0v) is 9.65. The second-order valence-electron chi connectivity index (χ2n) is 4.07. The topological polar surface area (TPSA) is 21.3 Å². The van der Waals surface area contributed by atoms with Crippen LogP contribution < -0.4 is 5.32 Å². The SMILES string of the molecule is CCCCNCCOC(C)(C)CC. The monoisotopic (exact) mass is 187 g/mol. The fourth-order valence-electron chi connectivity index (χ4n) is 0.928. The minimum absolute atomic E-state index is 0.0481. The van der Waals surface area contributed by atoms with E-state index in [4.69, 9.17) is 4.74 Å². The standard InChI is InChI=1S/C11H25NO/c1-5-7-8-12-9-10-13-11(3,4)6-2/h12H,5-10H2,1-4H3. The van der Waals surface area contributed by atoms with Gasteiger partial charge in [0, 0.05) is 6.54 Å². The van der Waals surface area contributed by atoms with Gasteiger partial charge < -0.3 is 10.1 Å². The van der Waals surface area contributed by atoms with Crippen molar-refractivity contribution in [1.82, 2.24) is 5.32 Å². The molecule has 2 heteroatoms. The Labute approximate surface area is 83.1 Å². The Morgan fingerprint density at radius 2 is 1.85 bits per heavy atom. The summed E-state index contributed by atoms with van der Waals surface area (Å²) in [5.41, 5.74) is 0.0481. The first-order chi connectivity index (χ1) is 6.12. The summed E-state index contributed by atoms with van der Waals surface area (Å²) in [6.07, 6.45) is 3.59. The molecule has 0 aromatic heterocycles. The van der Waals surface area contributed by atoms with E-state index in [0.29, 0.717) is 0 Å². The van der Waals surface area contributed by atoms with Gasteiger partial charge in [-0.15, -0.1) is 0 Å². The lowest BCUT2D eigenvalue weighted by molar-refractivity contribution is -0.0179. The van der Waals surface area contributed by atoms with Crippen molar-refractivity contribution < 1.29 is 4.74 Å². The lowest BCUT2D eigenvalue weighted by Gasteiger charge is -2.23. The molecular weight excluding hydrogens is 162 g/mol. The van der Waals surface area contributed by atoms with Crippen LogP contribution in [-0.2, 0) is 4.74 Å². The third kappa shape index (κ3) is 8.26. The number of unbranched alkanes of at least 4 members (excludes halogenated alkanes) is 1. The summed E-state index contributed by atoms with van der Waals surface area (Å²) in [6, 6.07) is 0. The number of rotatable bonds is 8. The number of hydrogen-bond acceptors (Lipinski definition) is 2. The van der Waals surface area contributed by atoms with Gasteiger partial charge in [-0.25, -0.2) is 0 Å². The van der Waals surface area contributed by atoms with E-state index in [1.807, 2.05) is 0 Å². The van der Waals surface area contributed by atoms with Crippen LogP contribution in [0.25, 0.3) is 0 Å². The van der Waals surface area contributed by atoms with Crippen molar-refractivity contribution in [1.29, 1.82) is 0 Å². The molecule has 0 saturated carbocycles. The summed E-state index contributed by atoms with van der Waals surface area (Å²) in [4.78, 5) is 0. The van der Waals surface area contributed by atoms with Crippen LogP contribution in [0.2, 0.25) is 0 Å². The highest BCUT2D eigenvalue weighted by Crippen LogP contribution is 2.12. The fraction of sp³-hybridized carbons (Fsp3) is 1.00. The molecule has 0 spiro atoms. The maximum atomic E-state index is 5.70. The minimum Gasteiger partial charge on any atom is -0.374 e. The lowest BCUT2D eigenvalue weighted by Crippen LogP contribution is -2.29. The minimum atomic E-state index is 0.0481. The molecule has 0 amide bonds. The molecule has 0 aromatic carbocycles. The van der Waals surface area contributed by atoms with Crippen LogP contribution in [0.15, 0.2) is 0 Å². The lowest BCUT2D eigenvalue weighted by atomic mass is 10.1. The molecule has 0 aliphatic carbocycles. The van der Waals surface area contributed by atoms with Crippen molar-refractivity contribution in [2.45, 2.75) is 52.6 Å². The van der Waals surface area contributed by atoms with E-state index in [2.05, 4.69) is 33.0 Å². The van der Waals surface area contributed by atoms with Crippen molar-refractivity contribution in [3.8, 4) is 0 Å². The molecule has 1 N–H and O–H groups in total. The molecule has 0 rings (SSSR count). The summed E-state index contributed by atoms with van der Waals surface area (Å²) in [7, 11) is 0. The van der Waals surface area contributed by atoms with Crippen LogP contribution in [0.4, 0.5) is 0 Å². The Morgan fingerprint density at radius 1 is 1.15 bits per heavy atom. The first-order valence-corrected chi connectivity index (χ1v) is 5.47. The van der Waals surface area contributed by atoms with Gasteiger partial charge in [-0.1, -0.05) is 20.3 Å². The van der Waals surface area contributed by atoms with Crippen molar-refractivity contribution in [3.05, 3.63) is 0 Å². The van der Waals surface area contributed by atoms with Gasteiger partial charge in [-0.05, 0) is 33.2 Å². The zero-order valence-electron chi connectivity index (χ0n) is 9.65. The molecule has 0 radical (unpaired) electrons. The normalized spacial score (nSPS) is 12.0. The quantitative estimate of drug-likeness (QED) is 0.590. The van der Waals surface area contributed by atoms with Gasteiger partial charge in [0.15, 0.2) is 0 Å². The molecule has 0 fully saturated rings. The van der Waals surface area contributed by atoms with Gasteiger partial charge in [0.25, 0.3) is 0 Å². The second-order valence-corrected chi connectivity index (χ2v) is 4.07. The summed E-state index contributed by atoms with van der Waals surface area (Å²) in [5.74, 6) is 0. The van der Waals surface area contributed by atoms with Crippen LogP contribution in [0, 0.1) is 0 Å². The Bertz CT molecular complexity index is 113. The molecule has 2 nitrogen and oxygen atoms in total. The van der Waals surface area contributed by atoms with Crippen molar-refractivity contribution >= 4 is 0 Å².